The number of carbonyl (C=O) groups excluding carboxylic acids is 3. The lowest BCUT2D eigenvalue weighted by atomic mass is 10.2. The zero-order valence-electron chi connectivity index (χ0n) is 14.3. The van der Waals surface area contributed by atoms with Crippen molar-refractivity contribution >= 4 is 29.3 Å². The summed E-state index contributed by atoms with van der Waals surface area (Å²) in [5, 5.41) is 7.68. The van der Waals surface area contributed by atoms with Crippen LogP contribution in [0.2, 0.25) is 0 Å². The number of ether oxygens (including phenoxy) is 1. The van der Waals surface area contributed by atoms with Gasteiger partial charge in [0.1, 0.15) is 12.1 Å². The molecule has 0 unspecified atom stereocenters. The van der Waals surface area contributed by atoms with Gasteiger partial charge in [0.25, 0.3) is 0 Å². The van der Waals surface area contributed by atoms with Crippen LogP contribution in [-0.2, 0) is 14.3 Å². The Morgan fingerprint density at radius 2 is 1.58 bits per heavy atom. The van der Waals surface area contributed by atoms with Gasteiger partial charge in [0.05, 0.1) is 0 Å². The fourth-order valence-electron chi connectivity index (χ4n) is 1.64. The van der Waals surface area contributed by atoms with E-state index in [4.69, 9.17) is 4.74 Å². The number of hydrogen-bond donors (Lipinski definition) is 3. The van der Waals surface area contributed by atoms with Crippen molar-refractivity contribution < 1.29 is 19.1 Å². The summed E-state index contributed by atoms with van der Waals surface area (Å²) in [6.07, 6.45) is 2.40. The molecule has 0 aliphatic rings. The van der Waals surface area contributed by atoms with Gasteiger partial charge in [0.15, 0.2) is 0 Å². The Labute approximate surface area is 141 Å². The topological polar surface area (TPSA) is 96.5 Å². The van der Waals surface area contributed by atoms with E-state index >= 15 is 0 Å². The van der Waals surface area contributed by atoms with Crippen molar-refractivity contribution in [3.8, 4) is 0 Å². The van der Waals surface area contributed by atoms with Gasteiger partial charge in [-0.2, -0.15) is 0 Å². The van der Waals surface area contributed by atoms with Crippen LogP contribution >= 0.6 is 0 Å². The number of hydrogen-bond acceptors (Lipinski definition) is 4. The summed E-state index contributed by atoms with van der Waals surface area (Å²) in [5.74, 6) is -0.609. The summed E-state index contributed by atoms with van der Waals surface area (Å²) in [6.45, 7) is 6.77. The number of anilines is 2. The predicted octanol–water partition coefficient (Wildman–Crippen LogP) is 2.66. The maximum Gasteiger partial charge on any atom is 0.408 e. The molecule has 0 atom stereocenters. The van der Waals surface area contributed by atoms with Crippen LogP contribution in [0, 0.1) is 0 Å². The van der Waals surface area contributed by atoms with Gasteiger partial charge in [-0.1, -0.05) is 6.08 Å². The van der Waals surface area contributed by atoms with Crippen LogP contribution in [0.5, 0.6) is 0 Å². The molecule has 0 fully saturated rings. The average Bonchev–Trinajstić information content (AvgIpc) is 2.46. The first-order chi connectivity index (χ1) is 11.2. The second-order valence-electron chi connectivity index (χ2n) is 5.97. The molecule has 24 heavy (non-hydrogen) atoms. The van der Waals surface area contributed by atoms with Crippen molar-refractivity contribution in [2.75, 3.05) is 17.2 Å². The minimum atomic E-state index is -0.653. The fourth-order valence-corrected chi connectivity index (χ4v) is 1.64. The van der Waals surface area contributed by atoms with E-state index < -0.39 is 11.7 Å². The quantitative estimate of drug-likeness (QED) is 0.722. The Balaban J connectivity index is 2.44. The van der Waals surface area contributed by atoms with Crippen LogP contribution in [0.3, 0.4) is 0 Å². The summed E-state index contributed by atoms with van der Waals surface area (Å²) in [7, 11) is 0. The number of carbonyl (C=O) groups is 3. The van der Waals surface area contributed by atoms with Crippen molar-refractivity contribution in [3.05, 3.63) is 36.4 Å². The lowest BCUT2D eigenvalue weighted by molar-refractivity contribution is -0.115. The highest BCUT2D eigenvalue weighted by Gasteiger charge is 2.16. The van der Waals surface area contributed by atoms with Gasteiger partial charge in [0.2, 0.25) is 11.8 Å². The molecule has 1 aromatic rings. The molecular formula is C17H23N3O4. The molecule has 0 radical (unpaired) electrons. The molecule has 7 nitrogen and oxygen atoms in total. The summed E-state index contributed by atoms with van der Waals surface area (Å²) >= 11 is 0. The SMILES string of the molecule is C/C=C/C(=O)Nc1ccc(NC(=O)CNC(=O)OC(C)(C)C)cc1. The number of benzene rings is 1. The minimum absolute atomic E-state index is 0.200. The van der Waals surface area contributed by atoms with Crippen LogP contribution in [0.25, 0.3) is 0 Å². The Morgan fingerprint density at radius 1 is 1.04 bits per heavy atom. The number of alkyl carbamates (subject to hydrolysis) is 1. The third kappa shape index (κ3) is 7.98. The van der Waals surface area contributed by atoms with Crippen LogP contribution in [0.15, 0.2) is 36.4 Å². The summed E-state index contributed by atoms with van der Waals surface area (Å²) in [5.41, 5.74) is 0.548. The molecule has 0 aromatic heterocycles. The van der Waals surface area contributed by atoms with Crippen molar-refractivity contribution in [2.24, 2.45) is 0 Å². The largest absolute Gasteiger partial charge is 0.444 e. The molecular weight excluding hydrogens is 310 g/mol. The second kappa shape index (κ2) is 8.71. The van der Waals surface area contributed by atoms with Crippen molar-refractivity contribution in [1.29, 1.82) is 0 Å². The van der Waals surface area contributed by atoms with Crippen LogP contribution in [-0.4, -0.2) is 30.1 Å². The summed E-state index contributed by atoms with van der Waals surface area (Å²) in [4.78, 5) is 34.6. The van der Waals surface area contributed by atoms with E-state index in [9.17, 15) is 14.4 Å². The number of allylic oxidation sites excluding steroid dienone is 1. The molecule has 130 valence electrons. The van der Waals surface area contributed by atoms with E-state index in [0.717, 1.165) is 0 Å². The molecule has 1 aromatic carbocycles. The predicted molar refractivity (Wildman–Crippen MR) is 92.8 cm³/mol. The molecule has 0 saturated carbocycles. The molecule has 7 heteroatoms. The standard InChI is InChI=1S/C17H23N3O4/c1-5-6-14(21)19-12-7-9-13(10-8-12)20-15(22)11-18-16(23)24-17(2,3)4/h5-10H,11H2,1-4H3,(H,18,23)(H,19,21)(H,20,22)/b6-5+. The lowest BCUT2D eigenvalue weighted by Gasteiger charge is -2.19. The van der Waals surface area contributed by atoms with Crippen molar-refractivity contribution in [1.82, 2.24) is 5.32 Å². The molecule has 0 aliphatic carbocycles. The van der Waals surface area contributed by atoms with E-state index in [1.807, 2.05) is 0 Å². The number of amides is 3. The molecule has 0 saturated heterocycles. The van der Waals surface area contributed by atoms with Gasteiger partial charge in [-0.05, 0) is 58.0 Å². The van der Waals surface area contributed by atoms with Gasteiger partial charge < -0.3 is 20.7 Å². The number of rotatable bonds is 5. The molecule has 0 aliphatic heterocycles. The third-order valence-corrected chi connectivity index (χ3v) is 2.55. The maximum atomic E-state index is 11.8. The molecule has 1 rings (SSSR count). The monoisotopic (exact) mass is 333 g/mol. The van der Waals surface area contributed by atoms with Crippen molar-refractivity contribution in [3.63, 3.8) is 0 Å². The van der Waals surface area contributed by atoms with E-state index in [1.54, 1.807) is 58.0 Å². The van der Waals surface area contributed by atoms with Crippen LogP contribution < -0.4 is 16.0 Å². The highest BCUT2D eigenvalue weighted by atomic mass is 16.6. The average molecular weight is 333 g/mol. The summed E-state index contributed by atoms with van der Waals surface area (Å²) < 4.78 is 5.04. The smallest absolute Gasteiger partial charge is 0.408 e. The van der Waals surface area contributed by atoms with E-state index in [2.05, 4.69) is 16.0 Å². The Kier molecular flexibility index (Phi) is 6.98. The first-order valence-corrected chi connectivity index (χ1v) is 7.50. The van der Waals surface area contributed by atoms with Crippen molar-refractivity contribution in [2.45, 2.75) is 33.3 Å². The lowest BCUT2D eigenvalue weighted by Crippen LogP contribution is -2.37. The van der Waals surface area contributed by atoms with Gasteiger partial charge in [-0.3, -0.25) is 9.59 Å². The van der Waals surface area contributed by atoms with E-state index in [0.29, 0.717) is 11.4 Å². The zero-order chi connectivity index (χ0) is 18.2. The van der Waals surface area contributed by atoms with Gasteiger partial charge in [-0.25, -0.2) is 4.79 Å². The minimum Gasteiger partial charge on any atom is -0.444 e. The Hall–Kier alpha value is -2.83. The van der Waals surface area contributed by atoms with E-state index in [-0.39, 0.29) is 18.4 Å². The highest BCUT2D eigenvalue weighted by Crippen LogP contribution is 2.13. The zero-order valence-corrected chi connectivity index (χ0v) is 14.3. The molecule has 0 spiro atoms. The fraction of sp³-hybridized carbons (Fsp3) is 0.353. The Bertz CT molecular complexity index is 616. The first kappa shape index (κ1) is 19.2. The summed E-state index contributed by atoms with van der Waals surface area (Å²) in [6, 6.07) is 6.63. The molecule has 3 N–H and O–H groups in total. The molecule has 3 amide bonds. The highest BCUT2D eigenvalue weighted by molar-refractivity contribution is 5.99. The third-order valence-electron chi connectivity index (χ3n) is 2.55. The van der Waals surface area contributed by atoms with Gasteiger partial charge in [-0.15, -0.1) is 0 Å². The van der Waals surface area contributed by atoms with Crippen LogP contribution in [0.4, 0.5) is 16.2 Å². The second-order valence-corrected chi connectivity index (χ2v) is 5.97. The van der Waals surface area contributed by atoms with E-state index in [1.165, 1.54) is 6.08 Å². The first-order valence-electron chi connectivity index (χ1n) is 7.50. The molecule has 0 bridgehead atoms. The number of nitrogens with one attached hydrogen (secondary N) is 3. The molecule has 0 heterocycles. The normalized spacial score (nSPS) is 11.0. The van der Waals surface area contributed by atoms with Crippen LogP contribution in [0.1, 0.15) is 27.7 Å². The maximum absolute atomic E-state index is 11.8. The van der Waals surface area contributed by atoms with Gasteiger partial charge >= 0.3 is 6.09 Å². The Morgan fingerprint density at radius 3 is 2.08 bits per heavy atom. The van der Waals surface area contributed by atoms with Gasteiger partial charge in [0, 0.05) is 11.4 Å².